The van der Waals surface area contributed by atoms with Gasteiger partial charge in [0.15, 0.2) is 0 Å². The molecule has 2 aliphatic heterocycles. The highest BCUT2D eigenvalue weighted by molar-refractivity contribution is 6.31. The number of fused-ring (bicyclic) bond motifs is 1. The van der Waals surface area contributed by atoms with E-state index in [9.17, 15) is 9.59 Å². The molecule has 1 atom stereocenters. The molecule has 0 spiro atoms. The molecule has 8 rings (SSSR count). The number of carbonyl (C=O) groups is 2. The van der Waals surface area contributed by atoms with Crippen molar-refractivity contribution >= 4 is 57.4 Å². The van der Waals surface area contributed by atoms with Crippen molar-refractivity contribution in [2.75, 3.05) is 36.4 Å². The van der Waals surface area contributed by atoms with Crippen LogP contribution in [0.15, 0.2) is 97.3 Å². The topological polar surface area (TPSA) is 98.3 Å². The number of nitrogens with zero attached hydrogens (tertiary/aromatic N) is 4. The molecule has 6 aromatic rings. The lowest BCUT2D eigenvalue weighted by Gasteiger charge is -2.38. The van der Waals surface area contributed by atoms with Crippen molar-refractivity contribution in [3.05, 3.63) is 124 Å². The Morgan fingerprint density at radius 2 is 1.67 bits per heavy atom. The average Bonchev–Trinajstić information content (AvgIpc) is 3.88. The minimum absolute atomic E-state index is 0.0245. The van der Waals surface area contributed by atoms with Crippen molar-refractivity contribution in [1.82, 2.24) is 24.8 Å². The van der Waals surface area contributed by atoms with Gasteiger partial charge in [0.05, 0.1) is 35.1 Å². The number of amides is 3. The first-order chi connectivity index (χ1) is 25.2. The summed E-state index contributed by atoms with van der Waals surface area (Å²) in [4.78, 5) is 39.8. The summed E-state index contributed by atoms with van der Waals surface area (Å²) in [6, 6.07) is 29.8. The lowest BCUT2D eigenvalue weighted by Crippen LogP contribution is -2.46. The lowest BCUT2D eigenvalue weighted by molar-refractivity contribution is 0.102. The number of rotatable bonds is 8. The molecule has 0 saturated carbocycles. The Kier molecular flexibility index (Phi) is 9.15. The second-order valence-electron chi connectivity index (χ2n) is 13.6. The summed E-state index contributed by atoms with van der Waals surface area (Å²) in [5.41, 5.74) is 8.17. The summed E-state index contributed by atoms with van der Waals surface area (Å²) >= 11 is 12.8. The van der Waals surface area contributed by atoms with E-state index in [-0.39, 0.29) is 24.0 Å². The fourth-order valence-electron chi connectivity index (χ4n) is 7.66. The number of imidazole rings is 1. The first kappa shape index (κ1) is 33.9. The van der Waals surface area contributed by atoms with Gasteiger partial charge >= 0.3 is 6.03 Å². The zero-order chi connectivity index (χ0) is 35.9. The van der Waals surface area contributed by atoms with Crippen LogP contribution in [0.3, 0.4) is 0 Å². The molecule has 0 aliphatic carbocycles. The van der Waals surface area contributed by atoms with Crippen molar-refractivity contribution < 1.29 is 9.59 Å². The minimum Gasteiger partial charge on any atom is -0.370 e. The highest BCUT2D eigenvalue weighted by Crippen LogP contribution is 2.42. The maximum atomic E-state index is 14.7. The van der Waals surface area contributed by atoms with Gasteiger partial charge in [0.25, 0.3) is 5.91 Å². The van der Waals surface area contributed by atoms with Crippen LogP contribution in [0, 0.1) is 6.92 Å². The molecule has 264 valence electrons. The van der Waals surface area contributed by atoms with E-state index in [0.717, 1.165) is 88.4 Å². The Bertz CT molecular complexity index is 2270. The van der Waals surface area contributed by atoms with Gasteiger partial charge in [-0.05, 0) is 74.2 Å². The van der Waals surface area contributed by atoms with E-state index in [4.69, 9.17) is 28.2 Å². The Balaban J connectivity index is 1.21. The highest BCUT2D eigenvalue weighted by Gasteiger charge is 2.32. The van der Waals surface area contributed by atoms with Crippen LogP contribution in [0.2, 0.25) is 10.0 Å². The number of aromatic nitrogens is 3. The molecule has 3 N–H and O–H groups in total. The van der Waals surface area contributed by atoms with Gasteiger partial charge in [0.1, 0.15) is 5.69 Å². The minimum atomic E-state index is -0.274. The van der Waals surface area contributed by atoms with Crippen molar-refractivity contribution in [2.24, 2.45) is 0 Å². The molecule has 1 unspecified atom stereocenters. The Labute approximate surface area is 312 Å². The smallest absolute Gasteiger partial charge is 0.317 e. The molecule has 11 heteroatoms. The van der Waals surface area contributed by atoms with Crippen LogP contribution in [0.25, 0.3) is 33.4 Å². The number of anilines is 2. The molecule has 2 aromatic heterocycles. The zero-order valence-corrected chi connectivity index (χ0v) is 30.5. The second kappa shape index (κ2) is 14.1. The molecular weight excluding hydrogens is 693 g/mol. The number of urea groups is 1. The highest BCUT2D eigenvalue weighted by atomic mass is 35.5. The number of benzene rings is 4. The summed E-state index contributed by atoms with van der Waals surface area (Å²) < 4.78 is 2.13. The molecule has 4 heterocycles. The van der Waals surface area contributed by atoms with Crippen LogP contribution in [-0.2, 0) is 0 Å². The summed E-state index contributed by atoms with van der Waals surface area (Å²) in [5, 5.41) is 8.31. The number of aromatic amines is 1. The fraction of sp³-hybridized carbons (Fsp3) is 0.244. The van der Waals surface area contributed by atoms with Gasteiger partial charge in [-0.1, -0.05) is 77.8 Å². The van der Waals surface area contributed by atoms with Crippen LogP contribution in [0.4, 0.5) is 16.2 Å². The monoisotopic (exact) mass is 731 g/mol. The van der Waals surface area contributed by atoms with Crippen LogP contribution >= 0.6 is 23.2 Å². The van der Waals surface area contributed by atoms with Crippen LogP contribution in [0.5, 0.6) is 0 Å². The third-order valence-corrected chi connectivity index (χ3v) is 10.9. The van der Waals surface area contributed by atoms with Gasteiger partial charge < -0.3 is 30.0 Å². The largest absolute Gasteiger partial charge is 0.370 e. The zero-order valence-electron chi connectivity index (χ0n) is 29.0. The number of H-pyrrole nitrogens is 1. The predicted octanol–water partition coefficient (Wildman–Crippen LogP) is 9.17. The molecule has 2 fully saturated rings. The summed E-state index contributed by atoms with van der Waals surface area (Å²) in [5.74, 6) is -0.274. The Hall–Kier alpha value is -5.25. The Morgan fingerprint density at radius 3 is 2.40 bits per heavy atom. The SMILES string of the molecule is Cc1ccc(N2CCC(N3CCNC3=O)CC2)c(NC(=O)c2[nH]c3cc(Cl)ccc3c2-c2c(-c3ccccc3)ncn2C(C)c2ccc(Cl)cc2)c1. The van der Waals surface area contributed by atoms with E-state index in [2.05, 4.69) is 44.1 Å². The standard InChI is InChI=1S/C41H39Cl2N7O2/c1-25-8-15-35(48-19-16-31(17-20-48)49-21-18-44-41(49)52)34(22-25)47-40(51)38-36(32-14-13-30(43)23-33(32)46-38)39-37(28-6-4-3-5-7-28)45-24-50(39)26(2)27-9-11-29(42)12-10-27/h3-15,22-24,26,31,46H,16-21H2,1-2H3,(H,44,52)(H,47,51). The van der Waals surface area contributed by atoms with Gasteiger partial charge in [-0.15, -0.1) is 0 Å². The average molecular weight is 733 g/mol. The number of hydrogen-bond acceptors (Lipinski definition) is 4. The number of halogens is 2. The van der Waals surface area contributed by atoms with Gasteiger partial charge in [-0.3, -0.25) is 4.79 Å². The molecule has 0 bridgehead atoms. The third kappa shape index (κ3) is 6.39. The molecule has 0 radical (unpaired) electrons. The van der Waals surface area contributed by atoms with Gasteiger partial charge in [-0.25, -0.2) is 9.78 Å². The van der Waals surface area contributed by atoms with E-state index >= 15 is 0 Å². The first-order valence-corrected chi connectivity index (χ1v) is 18.4. The second-order valence-corrected chi connectivity index (χ2v) is 14.5. The number of nitrogens with one attached hydrogen (secondary N) is 3. The molecule has 3 amide bonds. The number of aryl methyl sites for hydroxylation is 1. The van der Waals surface area contributed by atoms with Crippen molar-refractivity contribution in [2.45, 2.75) is 38.8 Å². The first-order valence-electron chi connectivity index (χ1n) is 17.7. The van der Waals surface area contributed by atoms with Crippen molar-refractivity contribution in [3.8, 4) is 22.5 Å². The van der Waals surface area contributed by atoms with Gasteiger partial charge in [0, 0.05) is 64.3 Å². The fourth-order valence-corrected chi connectivity index (χ4v) is 7.96. The number of piperidine rings is 1. The van der Waals surface area contributed by atoms with Gasteiger partial charge in [0.2, 0.25) is 0 Å². The van der Waals surface area contributed by atoms with Crippen LogP contribution < -0.4 is 15.5 Å². The Morgan fingerprint density at radius 1 is 0.923 bits per heavy atom. The molecule has 4 aromatic carbocycles. The van der Waals surface area contributed by atoms with Crippen LogP contribution in [-0.4, -0.2) is 63.6 Å². The van der Waals surface area contributed by atoms with Crippen molar-refractivity contribution in [1.29, 1.82) is 0 Å². The maximum Gasteiger partial charge on any atom is 0.317 e. The number of hydrogen-bond donors (Lipinski definition) is 3. The molecule has 2 saturated heterocycles. The molecule has 2 aliphatic rings. The molecule has 52 heavy (non-hydrogen) atoms. The predicted molar refractivity (Wildman–Crippen MR) is 210 cm³/mol. The summed E-state index contributed by atoms with van der Waals surface area (Å²) in [6.07, 6.45) is 3.57. The summed E-state index contributed by atoms with van der Waals surface area (Å²) in [7, 11) is 0. The lowest BCUT2D eigenvalue weighted by atomic mass is 9.99. The van der Waals surface area contributed by atoms with E-state index < -0.39 is 0 Å². The molecular formula is C41H39Cl2N7O2. The van der Waals surface area contributed by atoms with E-state index in [1.807, 2.05) is 97.0 Å². The molecule has 9 nitrogen and oxygen atoms in total. The van der Waals surface area contributed by atoms with Gasteiger partial charge in [-0.2, -0.15) is 0 Å². The number of carbonyl (C=O) groups excluding carboxylic acids is 2. The van der Waals surface area contributed by atoms with E-state index in [1.165, 1.54) is 0 Å². The third-order valence-electron chi connectivity index (χ3n) is 10.4. The van der Waals surface area contributed by atoms with E-state index in [0.29, 0.717) is 22.3 Å². The maximum absolute atomic E-state index is 14.7. The van der Waals surface area contributed by atoms with Crippen LogP contribution in [0.1, 0.15) is 47.4 Å². The van der Waals surface area contributed by atoms with Crippen molar-refractivity contribution in [3.63, 3.8) is 0 Å². The quantitative estimate of drug-likeness (QED) is 0.145. The normalized spacial score (nSPS) is 15.7. The summed E-state index contributed by atoms with van der Waals surface area (Å²) in [6.45, 7) is 7.14. The van der Waals surface area contributed by atoms with E-state index in [1.54, 1.807) is 0 Å².